The maximum Gasteiger partial charge on any atom is 0.291 e. The molecule has 0 bridgehead atoms. The van der Waals surface area contributed by atoms with Crippen molar-refractivity contribution in [2.45, 2.75) is 40.2 Å². The predicted octanol–water partition coefficient (Wildman–Crippen LogP) is 3.97. The van der Waals surface area contributed by atoms with Crippen LogP contribution in [-0.2, 0) is 11.2 Å². The number of rotatable bonds is 5. The number of carbonyl (C=O) groups excluding carboxylic acids is 1. The molecule has 30 heavy (non-hydrogen) atoms. The highest BCUT2D eigenvalue weighted by atomic mass is 32.1. The minimum absolute atomic E-state index is 0.155. The van der Waals surface area contributed by atoms with E-state index in [4.69, 9.17) is 9.15 Å². The second kappa shape index (κ2) is 8.53. The number of amides is 1. The Balaban J connectivity index is 1.52. The smallest absolute Gasteiger partial charge is 0.291 e. The highest BCUT2D eigenvalue weighted by molar-refractivity contribution is 7.13. The molecule has 1 atom stereocenters. The number of aryl methyl sites for hydroxylation is 4. The quantitative estimate of drug-likeness (QED) is 0.658. The zero-order valence-electron chi connectivity index (χ0n) is 17.6. The summed E-state index contributed by atoms with van der Waals surface area (Å²) in [4.78, 5) is 28.2. The average Bonchev–Trinajstić information content (AvgIpc) is 3.32. The molecule has 9 heteroatoms. The van der Waals surface area contributed by atoms with Crippen molar-refractivity contribution in [1.82, 2.24) is 19.9 Å². The van der Waals surface area contributed by atoms with E-state index in [1.54, 1.807) is 23.2 Å². The van der Waals surface area contributed by atoms with Gasteiger partial charge in [0.15, 0.2) is 11.0 Å². The number of ether oxygens (including phenoxy) is 1. The Morgan fingerprint density at radius 1 is 1.23 bits per heavy atom. The molecular formula is C21H25N5O3S. The van der Waals surface area contributed by atoms with Gasteiger partial charge in [0.1, 0.15) is 6.10 Å². The topological polar surface area (TPSA) is 93.4 Å². The van der Waals surface area contributed by atoms with E-state index in [1.807, 2.05) is 38.3 Å². The van der Waals surface area contributed by atoms with Crippen LogP contribution in [0.3, 0.4) is 0 Å². The maximum absolute atomic E-state index is 13.0. The van der Waals surface area contributed by atoms with Crippen LogP contribution in [-0.4, -0.2) is 45.5 Å². The summed E-state index contributed by atoms with van der Waals surface area (Å²) in [5.41, 5.74) is 4.16. The van der Waals surface area contributed by atoms with E-state index in [0.717, 1.165) is 27.9 Å². The van der Waals surface area contributed by atoms with Crippen molar-refractivity contribution in [3.63, 3.8) is 0 Å². The number of hydrogen-bond acceptors (Lipinski definition) is 8. The Labute approximate surface area is 179 Å². The van der Waals surface area contributed by atoms with Gasteiger partial charge in [-0.15, -0.1) is 11.3 Å². The van der Waals surface area contributed by atoms with Crippen molar-refractivity contribution in [3.8, 4) is 0 Å². The monoisotopic (exact) mass is 427 g/mol. The molecule has 0 unspecified atom stereocenters. The molecule has 158 valence electrons. The Morgan fingerprint density at radius 2 is 2.07 bits per heavy atom. The fourth-order valence-corrected chi connectivity index (χ4v) is 4.13. The molecular weight excluding hydrogens is 402 g/mol. The van der Waals surface area contributed by atoms with Crippen molar-refractivity contribution in [3.05, 3.63) is 51.9 Å². The summed E-state index contributed by atoms with van der Waals surface area (Å²) in [6.07, 6.45) is 0.344. The van der Waals surface area contributed by atoms with Gasteiger partial charge in [-0.05, 0) is 32.9 Å². The predicted molar refractivity (Wildman–Crippen MR) is 114 cm³/mol. The summed E-state index contributed by atoms with van der Waals surface area (Å²) >= 11 is 1.56. The number of nitrogens with one attached hydrogen (secondary N) is 1. The molecule has 0 saturated carbocycles. The van der Waals surface area contributed by atoms with Gasteiger partial charge in [-0.3, -0.25) is 9.78 Å². The summed E-state index contributed by atoms with van der Waals surface area (Å²) in [5, 5.41) is 6.16. The van der Waals surface area contributed by atoms with Gasteiger partial charge >= 0.3 is 0 Å². The van der Waals surface area contributed by atoms with Crippen LogP contribution in [0.1, 0.15) is 52.2 Å². The van der Waals surface area contributed by atoms with Crippen molar-refractivity contribution in [2.75, 3.05) is 25.0 Å². The molecule has 1 amide bonds. The van der Waals surface area contributed by atoms with E-state index in [0.29, 0.717) is 43.5 Å². The molecule has 1 N–H and O–H groups in total. The number of hydrogen-bond donors (Lipinski definition) is 1. The highest BCUT2D eigenvalue weighted by Crippen LogP contribution is 2.27. The zero-order chi connectivity index (χ0) is 21.3. The summed E-state index contributed by atoms with van der Waals surface area (Å²) in [7, 11) is 0. The number of anilines is 2. The van der Waals surface area contributed by atoms with Gasteiger partial charge in [-0.25, -0.2) is 9.97 Å². The number of thiazole rings is 1. The van der Waals surface area contributed by atoms with Gasteiger partial charge in [0.05, 0.1) is 30.2 Å². The van der Waals surface area contributed by atoms with Gasteiger partial charge in [-0.1, -0.05) is 6.92 Å². The molecule has 4 rings (SSSR count). The molecule has 0 radical (unpaired) electrons. The van der Waals surface area contributed by atoms with Gasteiger partial charge < -0.3 is 19.4 Å². The van der Waals surface area contributed by atoms with Crippen molar-refractivity contribution >= 4 is 28.1 Å². The van der Waals surface area contributed by atoms with Crippen LogP contribution in [0.25, 0.3) is 0 Å². The first-order valence-corrected chi connectivity index (χ1v) is 10.9. The molecule has 0 aliphatic carbocycles. The molecule has 1 saturated heterocycles. The van der Waals surface area contributed by atoms with Gasteiger partial charge in [0, 0.05) is 29.7 Å². The van der Waals surface area contributed by atoms with E-state index in [2.05, 4.69) is 20.3 Å². The number of oxazole rings is 1. The van der Waals surface area contributed by atoms with Gasteiger partial charge in [-0.2, -0.15) is 0 Å². The third-order valence-electron chi connectivity index (χ3n) is 4.86. The molecule has 1 fully saturated rings. The summed E-state index contributed by atoms with van der Waals surface area (Å²) < 4.78 is 11.6. The normalized spacial score (nSPS) is 16.7. The molecule has 3 aromatic heterocycles. The summed E-state index contributed by atoms with van der Waals surface area (Å²) in [6.45, 7) is 9.01. The molecule has 0 aromatic carbocycles. The van der Waals surface area contributed by atoms with Crippen molar-refractivity contribution in [2.24, 2.45) is 0 Å². The molecule has 0 spiro atoms. The molecule has 8 nitrogen and oxygen atoms in total. The summed E-state index contributed by atoms with van der Waals surface area (Å²) in [5.74, 6) is 0.734. The van der Waals surface area contributed by atoms with Crippen LogP contribution in [0.5, 0.6) is 0 Å². The third-order valence-corrected chi connectivity index (χ3v) is 5.74. The van der Waals surface area contributed by atoms with Crippen molar-refractivity contribution in [1.29, 1.82) is 0 Å². The van der Waals surface area contributed by atoms with Crippen LogP contribution >= 0.6 is 11.3 Å². The lowest BCUT2D eigenvalue weighted by molar-refractivity contribution is -0.0257. The first kappa shape index (κ1) is 20.5. The second-order valence-electron chi connectivity index (χ2n) is 7.33. The Kier molecular flexibility index (Phi) is 5.83. The van der Waals surface area contributed by atoms with Crippen LogP contribution in [0, 0.1) is 20.8 Å². The standard InChI is InChI=1S/C21H25N5O3S/c1-5-18-24-14(4)19(29-18)20(27)26-6-7-28-17(10-26)16-9-15(8-12(2)22-16)25-21-23-13(3)11-30-21/h8-9,11,17H,5-7,10H2,1-4H3,(H,22,23,25)/t17-/m1/s1. The average molecular weight is 428 g/mol. The van der Waals surface area contributed by atoms with Crippen molar-refractivity contribution < 1.29 is 13.9 Å². The minimum Gasteiger partial charge on any atom is -0.435 e. The third kappa shape index (κ3) is 4.36. The number of nitrogens with zero attached hydrogens (tertiary/aromatic N) is 4. The van der Waals surface area contributed by atoms with E-state index < -0.39 is 0 Å². The Morgan fingerprint density at radius 3 is 2.77 bits per heavy atom. The maximum atomic E-state index is 13.0. The number of morpholine rings is 1. The van der Waals surface area contributed by atoms with E-state index in [9.17, 15) is 4.79 Å². The molecule has 1 aliphatic rings. The van der Waals surface area contributed by atoms with Gasteiger partial charge in [0.25, 0.3) is 5.91 Å². The number of pyridine rings is 1. The fourth-order valence-electron chi connectivity index (χ4n) is 3.42. The van der Waals surface area contributed by atoms with Crippen LogP contribution in [0.2, 0.25) is 0 Å². The van der Waals surface area contributed by atoms with Crippen LogP contribution < -0.4 is 5.32 Å². The summed E-state index contributed by atoms with van der Waals surface area (Å²) in [6, 6.07) is 3.92. The zero-order valence-corrected chi connectivity index (χ0v) is 18.4. The molecule has 1 aliphatic heterocycles. The largest absolute Gasteiger partial charge is 0.435 e. The highest BCUT2D eigenvalue weighted by Gasteiger charge is 2.30. The Hall–Kier alpha value is -2.78. The molecule has 3 aromatic rings. The minimum atomic E-state index is -0.310. The first-order valence-electron chi connectivity index (χ1n) is 9.98. The lowest BCUT2D eigenvalue weighted by Gasteiger charge is -2.32. The van der Waals surface area contributed by atoms with Crippen LogP contribution in [0.4, 0.5) is 10.8 Å². The van der Waals surface area contributed by atoms with E-state index >= 15 is 0 Å². The number of carbonyl (C=O) groups is 1. The second-order valence-corrected chi connectivity index (χ2v) is 8.19. The van der Waals surface area contributed by atoms with E-state index in [1.165, 1.54) is 0 Å². The van der Waals surface area contributed by atoms with Crippen LogP contribution in [0.15, 0.2) is 21.9 Å². The fraction of sp³-hybridized carbons (Fsp3) is 0.429. The lowest BCUT2D eigenvalue weighted by Crippen LogP contribution is -2.42. The lowest BCUT2D eigenvalue weighted by atomic mass is 10.1. The Bertz CT molecular complexity index is 1060. The van der Waals surface area contributed by atoms with Gasteiger partial charge in [0.2, 0.25) is 5.76 Å². The molecule has 4 heterocycles. The SMILES string of the molecule is CCc1nc(C)c(C(=O)N2CCO[C@@H](c3cc(Nc4nc(C)cs4)cc(C)n3)C2)o1. The number of aromatic nitrogens is 3. The van der Waals surface area contributed by atoms with E-state index in [-0.39, 0.29) is 12.0 Å². The first-order chi connectivity index (χ1) is 14.4.